The van der Waals surface area contributed by atoms with Gasteiger partial charge in [0, 0.05) is 35.6 Å². The smallest absolute Gasteiger partial charge is 0.312 e. The largest absolute Gasteiger partial charge is 0.484 e. The Morgan fingerprint density at radius 2 is 1.97 bits per heavy atom. The fourth-order valence-electron chi connectivity index (χ4n) is 3.66. The number of methoxy groups -OCH3 is 1. The van der Waals surface area contributed by atoms with E-state index in [1.54, 1.807) is 54.3 Å². The standard InChI is InChI=1S/C26H31BrIN5O5/c1-15(37-20-11-16(28)13-30-18(20)12-21(34)38-26(2,3)4)17-9-8-10-29-23(17)25(35)32(5)14-19-22(27)24(36-7)31-33(19)6/h8-11,13,15H,12,14H2,1-7H3. The number of pyridine rings is 2. The molecule has 0 N–H and O–H groups in total. The summed E-state index contributed by atoms with van der Waals surface area (Å²) in [6.45, 7) is 7.54. The Balaban J connectivity index is 1.83. The molecule has 38 heavy (non-hydrogen) atoms. The lowest BCUT2D eigenvalue weighted by molar-refractivity contribution is -0.154. The van der Waals surface area contributed by atoms with E-state index in [0.717, 1.165) is 9.26 Å². The van der Waals surface area contributed by atoms with Gasteiger partial charge in [-0.15, -0.1) is 5.10 Å². The fourth-order valence-corrected chi connectivity index (χ4v) is 4.71. The summed E-state index contributed by atoms with van der Waals surface area (Å²) < 4.78 is 20.2. The Labute approximate surface area is 244 Å². The van der Waals surface area contributed by atoms with Gasteiger partial charge in [0.1, 0.15) is 27.6 Å². The molecule has 0 radical (unpaired) electrons. The molecule has 0 bridgehead atoms. The van der Waals surface area contributed by atoms with Crippen LogP contribution in [0.25, 0.3) is 0 Å². The van der Waals surface area contributed by atoms with E-state index >= 15 is 0 Å². The highest BCUT2D eigenvalue weighted by Gasteiger charge is 2.25. The molecule has 12 heteroatoms. The van der Waals surface area contributed by atoms with Gasteiger partial charge in [-0.3, -0.25) is 24.2 Å². The molecular formula is C26H31BrIN5O5. The van der Waals surface area contributed by atoms with E-state index < -0.39 is 17.7 Å². The van der Waals surface area contributed by atoms with E-state index in [4.69, 9.17) is 14.2 Å². The highest BCUT2D eigenvalue weighted by atomic mass is 127. The molecule has 3 heterocycles. The average molecular weight is 700 g/mol. The van der Waals surface area contributed by atoms with Gasteiger partial charge < -0.3 is 19.1 Å². The normalized spacial score (nSPS) is 12.1. The molecule has 10 nitrogen and oxygen atoms in total. The first-order valence-corrected chi connectivity index (χ1v) is 13.7. The van der Waals surface area contributed by atoms with Crippen molar-refractivity contribution in [2.24, 2.45) is 7.05 Å². The summed E-state index contributed by atoms with van der Waals surface area (Å²) in [5.41, 5.74) is 1.49. The molecule has 0 aliphatic heterocycles. The summed E-state index contributed by atoms with van der Waals surface area (Å²) in [5, 5.41) is 4.30. The Morgan fingerprint density at radius 3 is 2.61 bits per heavy atom. The number of halogens is 2. The van der Waals surface area contributed by atoms with Crippen LogP contribution in [0.5, 0.6) is 11.6 Å². The van der Waals surface area contributed by atoms with Crippen LogP contribution >= 0.6 is 38.5 Å². The van der Waals surface area contributed by atoms with Crippen LogP contribution in [0.1, 0.15) is 61.2 Å². The first-order chi connectivity index (χ1) is 17.8. The number of esters is 1. The molecule has 3 aromatic rings. The van der Waals surface area contributed by atoms with Gasteiger partial charge in [0.2, 0.25) is 5.88 Å². The number of carbonyl (C=O) groups is 2. The minimum Gasteiger partial charge on any atom is -0.484 e. The molecule has 0 saturated carbocycles. The van der Waals surface area contributed by atoms with E-state index in [2.05, 4.69) is 53.6 Å². The monoisotopic (exact) mass is 699 g/mol. The van der Waals surface area contributed by atoms with Crippen LogP contribution in [-0.2, 0) is 29.5 Å². The summed E-state index contributed by atoms with van der Waals surface area (Å²) >= 11 is 5.63. The molecule has 0 fully saturated rings. The molecule has 0 aliphatic rings. The van der Waals surface area contributed by atoms with Crippen molar-refractivity contribution >= 4 is 50.4 Å². The number of hydrogen-bond acceptors (Lipinski definition) is 8. The maximum absolute atomic E-state index is 13.5. The van der Waals surface area contributed by atoms with E-state index in [0.29, 0.717) is 27.4 Å². The van der Waals surface area contributed by atoms with Crippen molar-refractivity contribution in [2.45, 2.75) is 52.4 Å². The van der Waals surface area contributed by atoms with E-state index in [9.17, 15) is 9.59 Å². The molecule has 3 aromatic heterocycles. The first-order valence-electron chi connectivity index (χ1n) is 11.8. The predicted octanol–water partition coefficient (Wildman–Crippen LogP) is 4.88. The summed E-state index contributed by atoms with van der Waals surface area (Å²) in [4.78, 5) is 36.3. The SMILES string of the molecule is COc1nn(C)c(CN(C)C(=O)c2ncccc2C(C)Oc2cc(I)cnc2CC(=O)OC(C)(C)C)c1Br. The average Bonchev–Trinajstić information content (AvgIpc) is 3.11. The Morgan fingerprint density at radius 1 is 1.26 bits per heavy atom. The second kappa shape index (κ2) is 12.4. The topological polar surface area (TPSA) is 109 Å². The molecule has 1 amide bonds. The number of aromatic nitrogens is 4. The number of rotatable bonds is 9. The van der Waals surface area contributed by atoms with Crippen LogP contribution in [0.2, 0.25) is 0 Å². The molecule has 204 valence electrons. The third-order valence-corrected chi connectivity index (χ3v) is 6.80. The lowest BCUT2D eigenvalue weighted by Gasteiger charge is -2.23. The van der Waals surface area contributed by atoms with Crippen LogP contribution in [0.3, 0.4) is 0 Å². The van der Waals surface area contributed by atoms with Crippen LogP contribution in [0, 0.1) is 3.57 Å². The summed E-state index contributed by atoms with van der Waals surface area (Å²) in [6.07, 6.45) is 2.64. The maximum Gasteiger partial charge on any atom is 0.312 e. The Bertz CT molecular complexity index is 1320. The molecule has 0 aromatic carbocycles. The minimum absolute atomic E-state index is 0.0408. The van der Waals surface area contributed by atoms with Crippen molar-refractivity contribution in [3.8, 4) is 11.6 Å². The highest BCUT2D eigenvalue weighted by molar-refractivity contribution is 14.1. The van der Waals surface area contributed by atoms with E-state index in [1.807, 2.05) is 27.7 Å². The zero-order valence-corrected chi connectivity index (χ0v) is 26.2. The van der Waals surface area contributed by atoms with Crippen molar-refractivity contribution in [1.29, 1.82) is 0 Å². The van der Waals surface area contributed by atoms with Gasteiger partial charge in [-0.2, -0.15) is 0 Å². The van der Waals surface area contributed by atoms with Crippen molar-refractivity contribution in [3.05, 3.63) is 61.3 Å². The van der Waals surface area contributed by atoms with Gasteiger partial charge >= 0.3 is 5.97 Å². The van der Waals surface area contributed by atoms with Gasteiger partial charge in [0.25, 0.3) is 5.91 Å². The Kier molecular flexibility index (Phi) is 9.74. The summed E-state index contributed by atoms with van der Waals surface area (Å²) in [5.74, 6) is 0.201. The number of ether oxygens (including phenoxy) is 3. The lowest BCUT2D eigenvalue weighted by atomic mass is 10.1. The lowest BCUT2D eigenvalue weighted by Crippen LogP contribution is -2.29. The second-order valence-electron chi connectivity index (χ2n) is 9.62. The van der Waals surface area contributed by atoms with Crippen LogP contribution in [0.4, 0.5) is 0 Å². The highest BCUT2D eigenvalue weighted by Crippen LogP contribution is 2.30. The molecule has 0 aliphatic carbocycles. The zero-order chi connectivity index (χ0) is 28.2. The zero-order valence-electron chi connectivity index (χ0n) is 22.4. The van der Waals surface area contributed by atoms with Gasteiger partial charge in [0.15, 0.2) is 0 Å². The predicted molar refractivity (Wildman–Crippen MR) is 153 cm³/mol. The van der Waals surface area contributed by atoms with Crippen LogP contribution in [-0.4, -0.2) is 56.3 Å². The molecule has 3 rings (SSSR count). The molecule has 1 atom stereocenters. The van der Waals surface area contributed by atoms with Gasteiger partial charge in [-0.05, 0) is 78.3 Å². The van der Waals surface area contributed by atoms with Gasteiger partial charge in [0.05, 0.1) is 31.5 Å². The number of amides is 1. The summed E-state index contributed by atoms with van der Waals surface area (Å²) in [7, 11) is 5.02. The maximum atomic E-state index is 13.5. The molecular weight excluding hydrogens is 669 g/mol. The van der Waals surface area contributed by atoms with E-state index in [-0.39, 0.29) is 24.6 Å². The van der Waals surface area contributed by atoms with Gasteiger partial charge in [-0.1, -0.05) is 6.07 Å². The molecule has 0 saturated heterocycles. The number of aryl methyl sites for hydroxylation is 1. The van der Waals surface area contributed by atoms with Crippen LogP contribution in [0.15, 0.2) is 35.1 Å². The van der Waals surface area contributed by atoms with Crippen LogP contribution < -0.4 is 9.47 Å². The van der Waals surface area contributed by atoms with E-state index in [1.165, 1.54) is 7.11 Å². The minimum atomic E-state index is -0.609. The second-order valence-corrected chi connectivity index (χ2v) is 11.7. The molecule has 0 spiro atoms. The number of hydrogen-bond donors (Lipinski definition) is 0. The molecule has 1 unspecified atom stereocenters. The van der Waals surface area contributed by atoms with Crippen molar-refractivity contribution in [3.63, 3.8) is 0 Å². The fraction of sp³-hybridized carbons (Fsp3) is 0.423. The Hall–Kier alpha value is -2.74. The van der Waals surface area contributed by atoms with Crippen molar-refractivity contribution in [2.75, 3.05) is 14.2 Å². The quantitative estimate of drug-likeness (QED) is 0.230. The van der Waals surface area contributed by atoms with Gasteiger partial charge in [-0.25, -0.2) is 0 Å². The number of nitrogens with zero attached hydrogens (tertiary/aromatic N) is 5. The third-order valence-electron chi connectivity index (χ3n) is 5.41. The third kappa shape index (κ3) is 7.43. The van der Waals surface area contributed by atoms with Crippen molar-refractivity contribution < 1.29 is 23.8 Å². The van der Waals surface area contributed by atoms with Crippen molar-refractivity contribution in [1.82, 2.24) is 24.6 Å². The number of carbonyl (C=O) groups excluding carboxylic acids is 2. The first kappa shape index (κ1) is 29.8. The summed E-state index contributed by atoms with van der Waals surface area (Å²) in [6, 6.07) is 5.36.